The lowest BCUT2D eigenvalue weighted by Crippen LogP contribution is -2.68. The molecule has 1 fully saturated rings. The summed E-state index contributed by atoms with van der Waals surface area (Å²) in [7, 11) is 1.58. The minimum absolute atomic E-state index is 0.312. The zero-order valence-electron chi connectivity index (χ0n) is 8.10. The molecule has 0 aromatic heterocycles. The van der Waals surface area contributed by atoms with Crippen LogP contribution in [0.3, 0.4) is 0 Å². The van der Waals surface area contributed by atoms with Crippen molar-refractivity contribution in [2.24, 2.45) is 0 Å². The summed E-state index contributed by atoms with van der Waals surface area (Å²) in [5.41, 5.74) is -2.32. The van der Waals surface area contributed by atoms with E-state index in [0.717, 1.165) is 6.21 Å². The molecule has 1 aliphatic rings. The Morgan fingerprint density at radius 1 is 1.53 bits per heavy atom. The van der Waals surface area contributed by atoms with Crippen molar-refractivity contribution in [1.82, 2.24) is 10.2 Å². The van der Waals surface area contributed by atoms with Crippen molar-refractivity contribution >= 4 is 6.21 Å². The van der Waals surface area contributed by atoms with E-state index in [2.05, 4.69) is 5.32 Å². The Kier molecular flexibility index (Phi) is 2.94. The first-order valence-corrected chi connectivity index (χ1v) is 4.26. The number of rotatable bonds is 3. The summed E-state index contributed by atoms with van der Waals surface area (Å²) in [4.78, 5) is 1.27. The van der Waals surface area contributed by atoms with Gasteiger partial charge in [-0.3, -0.25) is 0 Å². The summed E-state index contributed by atoms with van der Waals surface area (Å²) in [6.07, 6.45) is -2.27. The molecule has 0 aliphatic carbocycles. The maximum Gasteiger partial charge on any atom is 0.420 e. The summed E-state index contributed by atoms with van der Waals surface area (Å²) in [5.74, 6) is 0. The molecule has 1 saturated heterocycles. The van der Waals surface area contributed by atoms with Crippen molar-refractivity contribution < 1.29 is 18.3 Å². The number of alkyl halides is 3. The minimum Gasteiger partial charge on any atom is -0.392 e. The van der Waals surface area contributed by atoms with Crippen molar-refractivity contribution in [3.8, 4) is 0 Å². The molecule has 0 amide bonds. The van der Waals surface area contributed by atoms with Crippen LogP contribution in [0.25, 0.3) is 0 Å². The Morgan fingerprint density at radius 3 is 2.40 bits per heavy atom. The molecule has 0 aromatic rings. The Balaban J connectivity index is 2.64. The van der Waals surface area contributed by atoms with Gasteiger partial charge in [0.15, 0.2) is 5.60 Å². The molecule has 0 unspecified atom stereocenters. The maximum absolute atomic E-state index is 12.2. The van der Waals surface area contributed by atoms with Crippen LogP contribution in [0.15, 0.2) is 11.9 Å². The molecular weight excluding hydrogens is 211 g/mol. The summed E-state index contributed by atoms with van der Waals surface area (Å²) >= 11 is 0. The number of hydrogen-bond acceptors (Lipinski definition) is 4. The summed E-state index contributed by atoms with van der Waals surface area (Å²) in [6, 6.07) is 0. The second-order valence-electron chi connectivity index (χ2n) is 3.39. The predicted molar refractivity (Wildman–Crippen MR) is 48.5 cm³/mol. The Labute approximate surface area is 84.9 Å². The standard InChI is InChI=1S/C8H12F3N3O/c1-13-3-6(2-12)14-4-7(15,5-14)8(9,10)11/h2-3,12-13,15H,4-5H2,1H3/b6-3+,12-2?. The zero-order valence-corrected chi connectivity index (χ0v) is 8.10. The lowest BCUT2D eigenvalue weighted by molar-refractivity contribution is -0.296. The topological polar surface area (TPSA) is 59.4 Å². The second kappa shape index (κ2) is 3.73. The quantitative estimate of drug-likeness (QED) is 0.603. The highest BCUT2D eigenvalue weighted by molar-refractivity contribution is 5.75. The lowest BCUT2D eigenvalue weighted by atomic mass is 9.93. The van der Waals surface area contributed by atoms with Gasteiger partial charge in [0.2, 0.25) is 0 Å². The van der Waals surface area contributed by atoms with Crippen LogP contribution in [0.4, 0.5) is 13.2 Å². The molecule has 4 nitrogen and oxygen atoms in total. The highest BCUT2D eigenvalue weighted by Crippen LogP contribution is 2.38. The van der Waals surface area contributed by atoms with E-state index >= 15 is 0 Å². The van der Waals surface area contributed by atoms with E-state index in [0.29, 0.717) is 5.70 Å². The third-order valence-electron chi connectivity index (χ3n) is 2.24. The zero-order chi connectivity index (χ0) is 11.7. The number of hydrogen-bond donors (Lipinski definition) is 3. The Hall–Kier alpha value is -1.24. The first kappa shape index (κ1) is 11.8. The molecule has 0 bridgehead atoms. The van der Waals surface area contributed by atoms with Crippen molar-refractivity contribution in [3.63, 3.8) is 0 Å². The number of β-amino-alcohol motifs (C(OH)–C–C–N with tert-alkyl or cyclic N) is 1. The molecular formula is C8H12F3N3O. The van der Waals surface area contributed by atoms with E-state index in [4.69, 9.17) is 10.5 Å². The lowest BCUT2D eigenvalue weighted by Gasteiger charge is -2.48. The van der Waals surface area contributed by atoms with E-state index in [1.807, 2.05) is 0 Å². The molecule has 0 atom stereocenters. The van der Waals surface area contributed by atoms with Gasteiger partial charge < -0.3 is 20.7 Å². The first-order valence-electron chi connectivity index (χ1n) is 4.26. The van der Waals surface area contributed by atoms with Crippen LogP contribution in [0, 0.1) is 5.41 Å². The van der Waals surface area contributed by atoms with Gasteiger partial charge in [-0.15, -0.1) is 0 Å². The van der Waals surface area contributed by atoms with Gasteiger partial charge in [0.1, 0.15) is 0 Å². The summed E-state index contributed by atoms with van der Waals surface area (Å²) in [6.45, 7) is -1.06. The van der Waals surface area contributed by atoms with Crippen LogP contribution in [-0.2, 0) is 0 Å². The molecule has 0 spiro atoms. The van der Waals surface area contributed by atoms with Gasteiger partial charge in [0.25, 0.3) is 0 Å². The van der Waals surface area contributed by atoms with Crippen molar-refractivity contribution in [2.45, 2.75) is 11.8 Å². The summed E-state index contributed by atoms with van der Waals surface area (Å²) < 4.78 is 36.7. The molecule has 1 aliphatic heterocycles. The van der Waals surface area contributed by atoms with Gasteiger partial charge >= 0.3 is 6.18 Å². The second-order valence-corrected chi connectivity index (χ2v) is 3.39. The van der Waals surface area contributed by atoms with Crippen LogP contribution in [-0.4, -0.2) is 48.1 Å². The molecule has 0 radical (unpaired) electrons. The van der Waals surface area contributed by atoms with Gasteiger partial charge in [-0.05, 0) is 0 Å². The number of aliphatic hydroxyl groups is 1. The molecule has 7 heteroatoms. The highest BCUT2D eigenvalue weighted by Gasteiger charge is 2.61. The Bertz CT molecular complexity index is 281. The van der Waals surface area contributed by atoms with Crippen molar-refractivity contribution in [1.29, 1.82) is 5.41 Å². The van der Waals surface area contributed by atoms with E-state index in [-0.39, 0.29) is 0 Å². The average Bonchev–Trinajstić information content (AvgIpc) is 2.07. The van der Waals surface area contributed by atoms with Crippen LogP contribution in [0.2, 0.25) is 0 Å². The van der Waals surface area contributed by atoms with E-state index in [1.54, 1.807) is 7.05 Å². The molecule has 86 valence electrons. The molecule has 1 heterocycles. The largest absolute Gasteiger partial charge is 0.420 e. The fraction of sp³-hybridized carbons (Fsp3) is 0.625. The molecule has 0 aromatic carbocycles. The van der Waals surface area contributed by atoms with Crippen LogP contribution in [0.5, 0.6) is 0 Å². The predicted octanol–water partition coefficient (Wildman–Crippen LogP) is 0.306. The maximum atomic E-state index is 12.2. The number of nitrogens with zero attached hydrogens (tertiary/aromatic N) is 1. The van der Waals surface area contributed by atoms with E-state index in [9.17, 15) is 13.2 Å². The van der Waals surface area contributed by atoms with Gasteiger partial charge in [-0.25, -0.2) is 0 Å². The SMILES string of the molecule is CN/C=C(\C=N)N1CC(O)(C(F)(F)F)C1. The fourth-order valence-corrected chi connectivity index (χ4v) is 1.32. The number of allylic oxidation sites excluding steroid dienone is 1. The normalized spacial score (nSPS) is 20.9. The van der Waals surface area contributed by atoms with E-state index < -0.39 is 24.9 Å². The smallest absolute Gasteiger partial charge is 0.392 e. The van der Waals surface area contributed by atoms with Crippen LogP contribution < -0.4 is 5.32 Å². The van der Waals surface area contributed by atoms with Gasteiger partial charge in [-0.1, -0.05) is 0 Å². The first-order chi connectivity index (χ1) is 6.84. The van der Waals surface area contributed by atoms with Crippen LogP contribution in [0.1, 0.15) is 0 Å². The van der Waals surface area contributed by atoms with Crippen molar-refractivity contribution in [2.75, 3.05) is 20.1 Å². The van der Waals surface area contributed by atoms with E-state index in [1.165, 1.54) is 11.1 Å². The van der Waals surface area contributed by atoms with Gasteiger partial charge in [0.05, 0.1) is 18.8 Å². The molecule has 15 heavy (non-hydrogen) atoms. The van der Waals surface area contributed by atoms with Gasteiger partial charge in [0, 0.05) is 19.5 Å². The molecule has 3 N–H and O–H groups in total. The summed E-state index contributed by atoms with van der Waals surface area (Å²) in [5, 5.41) is 18.7. The minimum atomic E-state index is -4.61. The van der Waals surface area contributed by atoms with Gasteiger partial charge in [-0.2, -0.15) is 13.2 Å². The number of likely N-dealkylation sites (tertiary alicyclic amines) is 1. The van der Waals surface area contributed by atoms with Crippen LogP contribution >= 0.6 is 0 Å². The third-order valence-corrected chi connectivity index (χ3v) is 2.24. The Morgan fingerprint density at radius 2 is 2.07 bits per heavy atom. The third kappa shape index (κ3) is 2.06. The number of nitrogens with one attached hydrogen (secondary N) is 2. The molecule has 1 rings (SSSR count). The fourth-order valence-electron chi connectivity index (χ4n) is 1.32. The molecule has 0 saturated carbocycles. The van der Waals surface area contributed by atoms with Crippen molar-refractivity contribution in [3.05, 3.63) is 11.9 Å². The number of halogens is 3. The highest BCUT2D eigenvalue weighted by atomic mass is 19.4. The monoisotopic (exact) mass is 223 g/mol. The average molecular weight is 223 g/mol.